The number of nitrogens with one attached hydrogen (secondary N) is 2. The molecule has 0 aromatic heterocycles. The molecule has 1 aliphatic rings. The van der Waals surface area contributed by atoms with Crippen molar-refractivity contribution < 1.29 is 14.3 Å². The fourth-order valence-corrected chi connectivity index (χ4v) is 2.81. The Hall–Kier alpha value is -2.53. The summed E-state index contributed by atoms with van der Waals surface area (Å²) in [6, 6.07) is 15.8. The first-order valence-corrected chi connectivity index (χ1v) is 8.63. The first-order chi connectivity index (χ1) is 12.2. The molecule has 0 radical (unpaired) electrons. The lowest BCUT2D eigenvalue weighted by molar-refractivity contribution is -0.121. The Bertz CT molecular complexity index is 700. The molecule has 3 rings (SSSR count). The number of fused-ring (bicyclic) bond motifs is 1. The molecule has 5 nitrogen and oxygen atoms in total. The molecule has 25 heavy (non-hydrogen) atoms. The third kappa shape index (κ3) is 4.97. The maximum Gasteiger partial charge on any atom is 0.234 e. The van der Waals surface area contributed by atoms with Crippen LogP contribution in [0.5, 0.6) is 11.5 Å². The van der Waals surface area contributed by atoms with E-state index in [-0.39, 0.29) is 18.5 Å². The zero-order chi connectivity index (χ0) is 17.5. The van der Waals surface area contributed by atoms with E-state index >= 15 is 0 Å². The van der Waals surface area contributed by atoms with Crippen molar-refractivity contribution in [2.75, 3.05) is 26.3 Å². The summed E-state index contributed by atoms with van der Waals surface area (Å²) in [6.45, 7) is 4.08. The van der Waals surface area contributed by atoms with Gasteiger partial charge in [-0.2, -0.15) is 0 Å². The van der Waals surface area contributed by atoms with Crippen LogP contribution in [0.4, 0.5) is 0 Å². The van der Waals surface area contributed by atoms with Crippen LogP contribution in [0.25, 0.3) is 0 Å². The summed E-state index contributed by atoms with van der Waals surface area (Å²) in [5, 5.41) is 6.18. The van der Waals surface area contributed by atoms with Crippen LogP contribution in [0.15, 0.2) is 48.5 Å². The molecular formula is C20H24N2O3. The van der Waals surface area contributed by atoms with Crippen molar-refractivity contribution in [3.05, 3.63) is 59.7 Å². The summed E-state index contributed by atoms with van der Waals surface area (Å²) in [5.74, 6) is 1.69. The number of hydrogen-bond acceptors (Lipinski definition) is 4. The quantitative estimate of drug-likeness (QED) is 0.761. The molecule has 1 amide bonds. The molecule has 0 saturated heterocycles. The number of amides is 1. The van der Waals surface area contributed by atoms with Gasteiger partial charge in [-0.15, -0.1) is 0 Å². The fourth-order valence-electron chi connectivity index (χ4n) is 2.81. The molecule has 2 aromatic carbocycles. The van der Waals surface area contributed by atoms with Crippen molar-refractivity contribution in [2.45, 2.75) is 19.4 Å². The van der Waals surface area contributed by atoms with E-state index in [2.05, 4.69) is 10.6 Å². The van der Waals surface area contributed by atoms with Gasteiger partial charge >= 0.3 is 0 Å². The van der Waals surface area contributed by atoms with Crippen molar-refractivity contribution in [1.82, 2.24) is 10.6 Å². The van der Waals surface area contributed by atoms with Gasteiger partial charge in [-0.25, -0.2) is 0 Å². The van der Waals surface area contributed by atoms with Crippen LogP contribution in [0.2, 0.25) is 0 Å². The summed E-state index contributed by atoms with van der Waals surface area (Å²) in [4.78, 5) is 12.1. The molecule has 0 aliphatic carbocycles. The van der Waals surface area contributed by atoms with Crippen LogP contribution >= 0.6 is 0 Å². The molecule has 2 N–H and O–H groups in total. The van der Waals surface area contributed by atoms with E-state index < -0.39 is 0 Å². The number of rotatable bonds is 7. The maximum atomic E-state index is 12.1. The molecule has 2 aromatic rings. The lowest BCUT2D eigenvalue weighted by Gasteiger charge is -2.26. The predicted octanol–water partition coefficient (Wildman–Crippen LogP) is 2.60. The van der Waals surface area contributed by atoms with Crippen LogP contribution in [0.1, 0.15) is 23.6 Å². The normalized spacial score (nSPS) is 15.8. The Morgan fingerprint density at radius 3 is 2.84 bits per heavy atom. The molecule has 5 heteroatoms. The van der Waals surface area contributed by atoms with E-state index in [9.17, 15) is 4.79 Å². The van der Waals surface area contributed by atoms with Gasteiger partial charge in [0.15, 0.2) is 0 Å². The smallest absolute Gasteiger partial charge is 0.234 e. The zero-order valence-corrected chi connectivity index (χ0v) is 14.5. The number of para-hydroxylation sites is 1. The van der Waals surface area contributed by atoms with E-state index in [4.69, 9.17) is 9.47 Å². The topological polar surface area (TPSA) is 59.6 Å². The van der Waals surface area contributed by atoms with Crippen LogP contribution in [-0.2, 0) is 4.79 Å². The lowest BCUT2D eigenvalue weighted by atomic mass is 10.0. The number of hydrogen-bond donors (Lipinski definition) is 2. The maximum absolute atomic E-state index is 12.1. The summed E-state index contributed by atoms with van der Waals surface area (Å²) >= 11 is 0. The van der Waals surface area contributed by atoms with Crippen LogP contribution in [0.3, 0.4) is 0 Å². The highest BCUT2D eigenvalue weighted by Crippen LogP contribution is 2.31. The molecule has 0 saturated carbocycles. The molecule has 1 unspecified atom stereocenters. The van der Waals surface area contributed by atoms with E-state index in [1.165, 1.54) is 5.56 Å². The first kappa shape index (κ1) is 17.3. The average molecular weight is 340 g/mol. The second-order valence-corrected chi connectivity index (χ2v) is 6.13. The molecule has 1 heterocycles. The summed E-state index contributed by atoms with van der Waals surface area (Å²) in [7, 11) is 0. The first-order valence-electron chi connectivity index (χ1n) is 8.63. The van der Waals surface area contributed by atoms with Crippen LogP contribution in [-0.4, -0.2) is 32.2 Å². The number of ether oxygens (including phenoxy) is 2. The Labute approximate surface area is 148 Å². The minimum Gasteiger partial charge on any atom is -0.493 e. The molecule has 1 aliphatic heterocycles. The van der Waals surface area contributed by atoms with Gasteiger partial charge in [0.05, 0.1) is 19.2 Å². The molecule has 0 bridgehead atoms. The van der Waals surface area contributed by atoms with E-state index in [0.717, 1.165) is 23.5 Å². The second kappa shape index (κ2) is 8.53. The Morgan fingerprint density at radius 2 is 2.00 bits per heavy atom. The molecule has 1 atom stereocenters. The highest BCUT2D eigenvalue weighted by atomic mass is 16.5. The monoisotopic (exact) mass is 340 g/mol. The minimum atomic E-state index is -0.0166. The average Bonchev–Trinajstić information content (AvgIpc) is 2.63. The van der Waals surface area contributed by atoms with Crippen molar-refractivity contribution >= 4 is 5.91 Å². The number of benzene rings is 2. The predicted molar refractivity (Wildman–Crippen MR) is 97.0 cm³/mol. The van der Waals surface area contributed by atoms with Crippen molar-refractivity contribution in [3.63, 3.8) is 0 Å². The Balaban J connectivity index is 1.37. The van der Waals surface area contributed by atoms with Crippen molar-refractivity contribution in [3.8, 4) is 11.5 Å². The highest BCUT2D eigenvalue weighted by Gasteiger charge is 2.22. The summed E-state index contributed by atoms with van der Waals surface area (Å²) in [5.41, 5.74) is 2.25. The Kier molecular flexibility index (Phi) is 5.90. The fraction of sp³-hybridized carbons (Fsp3) is 0.350. The summed E-state index contributed by atoms with van der Waals surface area (Å²) in [6.07, 6.45) is 0.791. The van der Waals surface area contributed by atoms with Gasteiger partial charge in [0, 0.05) is 18.5 Å². The molecular weight excluding hydrogens is 316 g/mol. The number of carbonyl (C=O) groups is 1. The minimum absolute atomic E-state index is 0.0166. The van der Waals surface area contributed by atoms with Gasteiger partial charge in [0.25, 0.3) is 0 Å². The van der Waals surface area contributed by atoms with Crippen molar-refractivity contribution in [2.24, 2.45) is 0 Å². The second-order valence-electron chi connectivity index (χ2n) is 6.13. The Morgan fingerprint density at radius 1 is 1.20 bits per heavy atom. The third-order valence-corrected chi connectivity index (χ3v) is 4.15. The van der Waals surface area contributed by atoms with Gasteiger partial charge < -0.3 is 20.1 Å². The van der Waals surface area contributed by atoms with E-state index in [1.54, 1.807) is 0 Å². The number of aryl methyl sites for hydroxylation is 1. The van der Waals surface area contributed by atoms with Gasteiger partial charge in [0.2, 0.25) is 5.91 Å². The van der Waals surface area contributed by atoms with Crippen LogP contribution in [0, 0.1) is 6.92 Å². The van der Waals surface area contributed by atoms with Crippen LogP contribution < -0.4 is 20.1 Å². The lowest BCUT2D eigenvalue weighted by Crippen LogP contribution is -2.39. The van der Waals surface area contributed by atoms with E-state index in [1.807, 2.05) is 55.5 Å². The molecule has 0 spiro atoms. The third-order valence-electron chi connectivity index (χ3n) is 4.15. The molecule has 132 valence electrons. The standard InChI is InChI=1S/C20H24N2O3/c1-15-6-8-16(9-7-15)24-13-11-21-14-20(23)22-18-10-12-25-19-5-3-2-4-17(18)19/h2-9,18,21H,10-14H2,1H3,(H,22,23). The SMILES string of the molecule is Cc1ccc(OCCNCC(=O)NC2CCOc3ccccc32)cc1. The van der Waals surface area contributed by atoms with E-state index in [0.29, 0.717) is 19.8 Å². The van der Waals surface area contributed by atoms with Gasteiger partial charge in [-0.1, -0.05) is 35.9 Å². The highest BCUT2D eigenvalue weighted by molar-refractivity contribution is 5.78. The summed E-state index contributed by atoms with van der Waals surface area (Å²) < 4.78 is 11.2. The molecule has 0 fully saturated rings. The largest absolute Gasteiger partial charge is 0.493 e. The van der Waals surface area contributed by atoms with Gasteiger partial charge in [-0.3, -0.25) is 4.79 Å². The number of carbonyl (C=O) groups excluding carboxylic acids is 1. The van der Waals surface area contributed by atoms with Gasteiger partial charge in [-0.05, 0) is 25.1 Å². The van der Waals surface area contributed by atoms with Gasteiger partial charge in [0.1, 0.15) is 18.1 Å². The zero-order valence-electron chi connectivity index (χ0n) is 14.5. The van der Waals surface area contributed by atoms with Crippen molar-refractivity contribution in [1.29, 1.82) is 0 Å².